The highest BCUT2D eigenvalue weighted by molar-refractivity contribution is 6.05. The first-order valence-corrected chi connectivity index (χ1v) is 6.61. The predicted octanol–water partition coefficient (Wildman–Crippen LogP) is 2.74. The van der Waals surface area contributed by atoms with Crippen LogP contribution in [0.25, 0.3) is 0 Å². The SMILES string of the molecule is CCOc1ccc(C(=O)Nc2ccc(C(=O)O)cc2O)cc1. The van der Waals surface area contributed by atoms with Crippen LogP contribution < -0.4 is 10.1 Å². The Hall–Kier alpha value is -3.02. The zero-order valence-corrected chi connectivity index (χ0v) is 11.9. The summed E-state index contributed by atoms with van der Waals surface area (Å²) in [4.78, 5) is 22.9. The maximum Gasteiger partial charge on any atom is 0.335 e. The molecule has 6 nitrogen and oxygen atoms in total. The summed E-state index contributed by atoms with van der Waals surface area (Å²) < 4.78 is 5.29. The second kappa shape index (κ2) is 6.62. The number of carbonyl (C=O) groups excluding carboxylic acids is 1. The van der Waals surface area contributed by atoms with E-state index in [0.29, 0.717) is 17.9 Å². The highest BCUT2D eigenvalue weighted by Crippen LogP contribution is 2.25. The fourth-order valence-electron chi connectivity index (χ4n) is 1.83. The molecular weight excluding hydrogens is 286 g/mol. The standard InChI is InChI=1S/C16H15NO5/c1-2-22-12-6-3-10(4-7-12)15(19)17-13-8-5-11(16(20)21)9-14(13)18/h3-9,18H,2H2,1H3,(H,17,19)(H,20,21). The van der Waals surface area contributed by atoms with Gasteiger partial charge in [0.15, 0.2) is 0 Å². The van der Waals surface area contributed by atoms with Crippen molar-refractivity contribution in [1.29, 1.82) is 0 Å². The molecule has 22 heavy (non-hydrogen) atoms. The third-order valence-corrected chi connectivity index (χ3v) is 2.92. The van der Waals surface area contributed by atoms with E-state index in [2.05, 4.69) is 5.32 Å². The van der Waals surface area contributed by atoms with Gasteiger partial charge in [-0.15, -0.1) is 0 Å². The Morgan fingerprint density at radius 3 is 2.27 bits per heavy atom. The molecular formula is C16H15NO5. The Morgan fingerprint density at radius 2 is 1.73 bits per heavy atom. The van der Waals surface area contributed by atoms with Gasteiger partial charge in [0.1, 0.15) is 11.5 Å². The number of phenolic OH excluding ortho intramolecular Hbond substituents is 1. The average molecular weight is 301 g/mol. The quantitative estimate of drug-likeness (QED) is 0.738. The molecule has 114 valence electrons. The van der Waals surface area contributed by atoms with E-state index in [1.165, 1.54) is 12.1 Å². The molecule has 0 fully saturated rings. The first-order valence-electron chi connectivity index (χ1n) is 6.61. The van der Waals surface area contributed by atoms with Gasteiger partial charge in [-0.1, -0.05) is 0 Å². The van der Waals surface area contributed by atoms with Crippen molar-refractivity contribution < 1.29 is 24.5 Å². The van der Waals surface area contributed by atoms with Gasteiger partial charge >= 0.3 is 5.97 Å². The van der Waals surface area contributed by atoms with Crippen molar-refractivity contribution >= 4 is 17.6 Å². The third kappa shape index (κ3) is 3.54. The summed E-state index contributed by atoms with van der Waals surface area (Å²) in [5.74, 6) is -1.21. The van der Waals surface area contributed by atoms with E-state index in [9.17, 15) is 14.7 Å². The van der Waals surface area contributed by atoms with Crippen LogP contribution in [-0.4, -0.2) is 28.7 Å². The van der Waals surface area contributed by atoms with Crippen LogP contribution in [-0.2, 0) is 0 Å². The molecule has 0 unspecified atom stereocenters. The largest absolute Gasteiger partial charge is 0.506 e. The van der Waals surface area contributed by atoms with Gasteiger partial charge in [-0.25, -0.2) is 4.79 Å². The van der Waals surface area contributed by atoms with Gasteiger partial charge in [-0.3, -0.25) is 4.79 Å². The topological polar surface area (TPSA) is 95.9 Å². The Balaban J connectivity index is 2.13. The van der Waals surface area contributed by atoms with Crippen molar-refractivity contribution in [1.82, 2.24) is 0 Å². The molecule has 2 rings (SSSR count). The average Bonchev–Trinajstić information content (AvgIpc) is 2.50. The van der Waals surface area contributed by atoms with Crippen molar-refractivity contribution in [3.05, 3.63) is 53.6 Å². The Labute approximate surface area is 127 Å². The number of ether oxygens (including phenoxy) is 1. The highest BCUT2D eigenvalue weighted by atomic mass is 16.5. The fraction of sp³-hybridized carbons (Fsp3) is 0.125. The summed E-state index contributed by atoms with van der Waals surface area (Å²) in [6.45, 7) is 2.40. The zero-order valence-electron chi connectivity index (χ0n) is 11.9. The Morgan fingerprint density at radius 1 is 1.09 bits per heavy atom. The highest BCUT2D eigenvalue weighted by Gasteiger charge is 2.11. The number of carbonyl (C=O) groups is 2. The van der Waals surface area contributed by atoms with E-state index in [4.69, 9.17) is 9.84 Å². The molecule has 0 atom stereocenters. The lowest BCUT2D eigenvalue weighted by Crippen LogP contribution is -2.12. The molecule has 0 spiro atoms. The summed E-state index contributed by atoms with van der Waals surface area (Å²) in [7, 11) is 0. The van der Waals surface area contributed by atoms with Crippen molar-refractivity contribution in [2.45, 2.75) is 6.92 Å². The zero-order chi connectivity index (χ0) is 16.1. The summed E-state index contributed by atoms with van der Waals surface area (Å²) in [6, 6.07) is 10.3. The van der Waals surface area contributed by atoms with Gasteiger partial charge in [0.2, 0.25) is 0 Å². The summed E-state index contributed by atoms with van der Waals surface area (Å²) >= 11 is 0. The molecule has 6 heteroatoms. The first kappa shape index (κ1) is 15.4. The number of rotatable bonds is 5. The minimum Gasteiger partial charge on any atom is -0.506 e. The van der Waals surface area contributed by atoms with E-state index in [0.717, 1.165) is 6.07 Å². The number of nitrogens with one attached hydrogen (secondary N) is 1. The monoisotopic (exact) mass is 301 g/mol. The number of carboxylic acids is 1. The number of hydrogen-bond donors (Lipinski definition) is 3. The number of anilines is 1. The minimum absolute atomic E-state index is 0.0587. The molecule has 0 aliphatic heterocycles. The van der Waals surface area contributed by atoms with Crippen LogP contribution in [0.2, 0.25) is 0 Å². The van der Waals surface area contributed by atoms with E-state index < -0.39 is 11.9 Å². The van der Waals surface area contributed by atoms with Crippen molar-refractivity contribution in [3.8, 4) is 11.5 Å². The van der Waals surface area contributed by atoms with E-state index >= 15 is 0 Å². The van der Waals surface area contributed by atoms with Crippen LogP contribution in [0.4, 0.5) is 5.69 Å². The van der Waals surface area contributed by atoms with Crippen LogP contribution in [0.5, 0.6) is 11.5 Å². The van der Waals surface area contributed by atoms with Gasteiger partial charge < -0.3 is 20.3 Å². The van der Waals surface area contributed by atoms with Gasteiger partial charge in [0.05, 0.1) is 17.9 Å². The van der Waals surface area contributed by atoms with Crippen LogP contribution >= 0.6 is 0 Å². The number of carboxylic acid groups (broad SMARTS) is 1. The van der Waals surface area contributed by atoms with Crippen LogP contribution in [0, 0.1) is 0 Å². The van der Waals surface area contributed by atoms with E-state index in [1.54, 1.807) is 24.3 Å². The predicted molar refractivity (Wildman–Crippen MR) is 80.6 cm³/mol. The number of benzene rings is 2. The van der Waals surface area contributed by atoms with Gasteiger partial charge in [-0.2, -0.15) is 0 Å². The lowest BCUT2D eigenvalue weighted by Gasteiger charge is -2.09. The van der Waals surface area contributed by atoms with Crippen molar-refractivity contribution in [2.24, 2.45) is 0 Å². The molecule has 2 aromatic carbocycles. The van der Waals surface area contributed by atoms with Crippen LogP contribution in [0.15, 0.2) is 42.5 Å². The smallest absolute Gasteiger partial charge is 0.335 e. The van der Waals surface area contributed by atoms with Crippen molar-refractivity contribution in [2.75, 3.05) is 11.9 Å². The van der Waals surface area contributed by atoms with E-state index in [-0.39, 0.29) is 17.0 Å². The molecule has 3 N–H and O–H groups in total. The second-order valence-corrected chi connectivity index (χ2v) is 4.45. The summed E-state index contributed by atoms with van der Waals surface area (Å²) in [6.07, 6.45) is 0. The minimum atomic E-state index is -1.15. The van der Waals surface area contributed by atoms with Crippen LogP contribution in [0.1, 0.15) is 27.6 Å². The number of aromatic hydroxyl groups is 1. The van der Waals surface area contributed by atoms with Crippen LogP contribution in [0.3, 0.4) is 0 Å². The molecule has 0 saturated carbocycles. The van der Waals surface area contributed by atoms with Gasteiger partial charge in [-0.05, 0) is 49.4 Å². The Bertz CT molecular complexity index is 694. The Kier molecular flexibility index (Phi) is 4.63. The van der Waals surface area contributed by atoms with Crippen molar-refractivity contribution in [3.63, 3.8) is 0 Å². The fourth-order valence-corrected chi connectivity index (χ4v) is 1.83. The molecule has 0 heterocycles. The molecule has 0 aliphatic carbocycles. The summed E-state index contributed by atoms with van der Waals surface area (Å²) in [5, 5.41) is 21.1. The number of amides is 1. The number of aromatic carboxylic acids is 1. The van der Waals surface area contributed by atoms with E-state index in [1.807, 2.05) is 6.92 Å². The molecule has 0 aliphatic rings. The normalized spacial score (nSPS) is 10.0. The lowest BCUT2D eigenvalue weighted by atomic mass is 10.1. The molecule has 0 aromatic heterocycles. The molecule has 0 saturated heterocycles. The molecule has 0 bridgehead atoms. The molecule has 2 aromatic rings. The first-order chi connectivity index (χ1) is 10.5. The lowest BCUT2D eigenvalue weighted by molar-refractivity contribution is 0.0696. The maximum atomic E-state index is 12.1. The maximum absolute atomic E-state index is 12.1. The number of hydrogen-bond acceptors (Lipinski definition) is 4. The number of phenols is 1. The third-order valence-electron chi connectivity index (χ3n) is 2.92. The summed E-state index contributed by atoms with van der Waals surface area (Å²) in [5.41, 5.74) is 0.477. The van der Waals surface area contributed by atoms with Gasteiger partial charge in [0, 0.05) is 5.56 Å². The second-order valence-electron chi connectivity index (χ2n) is 4.45. The molecule has 1 amide bonds. The molecule has 0 radical (unpaired) electrons. The van der Waals surface area contributed by atoms with Gasteiger partial charge in [0.25, 0.3) is 5.91 Å².